The van der Waals surface area contributed by atoms with Gasteiger partial charge in [-0.2, -0.15) is 18.4 Å². The highest BCUT2D eigenvalue weighted by atomic mass is 32.1. The number of piperidine rings is 2. The van der Waals surface area contributed by atoms with E-state index in [4.69, 9.17) is 17.0 Å². The minimum absolute atomic E-state index is 0.00454. The number of benzene rings is 2. The molecule has 0 spiro atoms. The van der Waals surface area contributed by atoms with Gasteiger partial charge in [-0.05, 0) is 133 Å². The predicted octanol–water partition coefficient (Wildman–Crippen LogP) is 6.90. The number of hydrogen-bond donors (Lipinski definition) is 1. The zero-order valence-corrected chi connectivity index (χ0v) is 33.9. The molecule has 3 amide bonds. The number of carbonyl (C=O) groups excluding carboxylic acids is 4. The van der Waals surface area contributed by atoms with Crippen LogP contribution in [0.2, 0.25) is 0 Å². The SMILES string of the molecule is C[C@@H]1CC(OCCC2CCC(N3C(=S)N(c4ccc(C#N)c(C(F)(F)F)c4)C(=O)C3(C)C)CC2)C[C@H](C)N1CC(=O)Cc1cccc(CC2CCC(=O)NC2=O)c1. The number of halogens is 3. The van der Waals surface area contributed by atoms with Gasteiger partial charge in [-0.3, -0.25) is 34.3 Å². The topological polar surface area (TPSA) is 123 Å². The van der Waals surface area contributed by atoms with Crippen molar-refractivity contribution < 1.29 is 37.1 Å². The van der Waals surface area contributed by atoms with Gasteiger partial charge in [-0.1, -0.05) is 24.3 Å². The van der Waals surface area contributed by atoms with Gasteiger partial charge < -0.3 is 9.64 Å². The summed E-state index contributed by atoms with van der Waals surface area (Å²) < 4.78 is 47.6. The summed E-state index contributed by atoms with van der Waals surface area (Å²) in [4.78, 5) is 56.0. The van der Waals surface area contributed by atoms with Crippen molar-refractivity contribution >= 4 is 46.5 Å². The molecule has 4 fully saturated rings. The molecule has 6 rings (SSSR count). The number of amides is 3. The van der Waals surface area contributed by atoms with Crippen LogP contribution in [-0.2, 0) is 42.9 Å². The second-order valence-corrected chi connectivity index (χ2v) is 17.2. The van der Waals surface area contributed by atoms with Crippen LogP contribution in [0.15, 0.2) is 42.5 Å². The predicted molar refractivity (Wildman–Crippen MR) is 212 cm³/mol. The van der Waals surface area contributed by atoms with E-state index in [0.29, 0.717) is 44.8 Å². The summed E-state index contributed by atoms with van der Waals surface area (Å²) in [5.74, 6) is -0.510. The fourth-order valence-corrected chi connectivity index (χ4v) is 9.89. The standard InChI is InChI=1S/C43H52F3N5O5S/c1-26-18-36(19-27(2)49(26)25-35(52)22-30-7-5-6-29(20-30)21-31-11-15-38(53)48-39(31)54)56-17-16-28-8-12-33(13-9-28)51-41(57)50(40(55)42(51,3)4)34-14-10-32(24-47)37(23-34)43(44,45)46/h5-7,10,14,20,23,26-28,31,33,36H,8-9,11-13,15-19,21-22,25H2,1-4H3,(H,48,53,54)/t26-,27+,28?,31?,33?,36?. The molecule has 0 aromatic heterocycles. The molecule has 4 aliphatic rings. The number of Topliss-reactive ketones (excluding diaryl/α,β-unsaturated/α-hetero) is 1. The van der Waals surface area contributed by atoms with E-state index in [1.807, 2.05) is 29.2 Å². The summed E-state index contributed by atoms with van der Waals surface area (Å²) in [6, 6.07) is 13.0. The number of alkyl halides is 3. The highest BCUT2D eigenvalue weighted by Crippen LogP contribution is 2.41. The van der Waals surface area contributed by atoms with E-state index in [9.17, 15) is 37.6 Å². The number of nitrogens with zero attached hydrogens (tertiary/aromatic N) is 4. The molecule has 1 saturated carbocycles. The average molecular weight is 808 g/mol. The van der Waals surface area contributed by atoms with Crippen molar-refractivity contribution in [3.05, 3.63) is 64.7 Å². The number of ketones is 1. The van der Waals surface area contributed by atoms with E-state index in [1.54, 1.807) is 19.9 Å². The Balaban J connectivity index is 0.943. The van der Waals surface area contributed by atoms with Gasteiger partial charge in [-0.25, -0.2) is 0 Å². The van der Waals surface area contributed by atoms with Crippen molar-refractivity contribution in [2.24, 2.45) is 11.8 Å². The van der Waals surface area contributed by atoms with E-state index in [0.717, 1.165) is 68.2 Å². The van der Waals surface area contributed by atoms with E-state index < -0.39 is 28.7 Å². The van der Waals surface area contributed by atoms with Crippen LogP contribution in [0, 0.1) is 23.2 Å². The molecule has 3 saturated heterocycles. The molecule has 2 aromatic rings. The number of ether oxygens (including phenoxy) is 1. The van der Waals surface area contributed by atoms with Crippen molar-refractivity contribution in [2.45, 2.75) is 134 Å². The first-order valence-electron chi connectivity index (χ1n) is 20.1. The third-order valence-electron chi connectivity index (χ3n) is 12.4. The smallest absolute Gasteiger partial charge is 0.378 e. The molecular weight excluding hydrogens is 756 g/mol. The Kier molecular flexibility index (Phi) is 12.9. The summed E-state index contributed by atoms with van der Waals surface area (Å²) in [5, 5.41) is 11.8. The minimum Gasteiger partial charge on any atom is -0.378 e. The Morgan fingerprint density at radius 3 is 2.33 bits per heavy atom. The molecule has 306 valence electrons. The number of nitriles is 1. The Labute approximate surface area is 338 Å². The molecule has 2 unspecified atom stereocenters. The zero-order chi connectivity index (χ0) is 41.2. The fourth-order valence-electron chi connectivity index (χ4n) is 9.33. The van der Waals surface area contributed by atoms with Crippen LogP contribution in [0.3, 0.4) is 0 Å². The van der Waals surface area contributed by atoms with Gasteiger partial charge in [0, 0.05) is 43.5 Å². The molecule has 0 bridgehead atoms. The maximum absolute atomic E-state index is 13.7. The number of thiocarbonyl (C=S) groups is 1. The second-order valence-electron chi connectivity index (χ2n) is 16.9. The first-order chi connectivity index (χ1) is 27.0. The summed E-state index contributed by atoms with van der Waals surface area (Å²) in [6.07, 6.45) is 3.08. The van der Waals surface area contributed by atoms with E-state index in [-0.39, 0.29) is 58.5 Å². The lowest BCUT2D eigenvalue weighted by Gasteiger charge is -2.42. The van der Waals surface area contributed by atoms with Crippen LogP contribution >= 0.6 is 12.2 Å². The third kappa shape index (κ3) is 9.58. The zero-order valence-electron chi connectivity index (χ0n) is 33.1. The molecule has 4 atom stereocenters. The van der Waals surface area contributed by atoms with Crippen molar-refractivity contribution in [1.29, 1.82) is 5.26 Å². The number of nitrogens with one attached hydrogen (secondary N) is 1. The van der Waals surface area contributed by atoms with Crippen LogP contribution in [0.5, 0.6) is 0 Å². The van der Waals surface area contributed by atoms with E-state index >= 15 is 0 Å². The molecule has 0 radical (unpaired) electrons. The van der Waals surface area contributed by atoms with Gasteiger partial charge in [0.1, 0.15) is 5.54 Å². The molecule has 2 aromatic carbocycles. The monoisotopic (exact) mass is 807 g/mol. The number of anilines is 1. The van der Waals surface area contributed by atoms with E-state index in [1.165, 1.54) is 11.0 Å². The highest BCUT2D eigenvalue weighted by Gasteiger charge is 2.52. The number of likely N-dealkylation sites (tertiary alicyclic amines) is 1. The van der Waals surface area contributed by atoms with Gasteiger partial charge in [0.2, 0.25) is 11.8 Å². The number of rotatable bonds is 12. The lowest BCUT2D eigenvalue weighted by Crippen LogP contribution is -2.51. The minimum atomic E-state index is -4.75. The molecule has 57 heavy (non-hydrogen) atoms. The molecule has 1 N–H and O–H groups in total. The van der Waals surface area contributed by atoms with Crippen LogP contribution < -0.4 is 10.2 Å². The van der Waals surface area contributed by atoms with Gasteiger partial charge >= 0.3 is 6.18 Å². The van der Waals surface area contributed by atoms with Crippen molar-refractivity contribution in [1.82, 2.24) is 15.1 Å². The number of carbonyl (C=O) groups is 4. The van der Waals surface area contributed by atoms with Crippen molar-refractivity contribution in [2.75, 3.05) is 18.1 Å². The quantitative estimate of drug-likeness (QED) is 0.180. The maximum atomic E-state index is 13.7. The fraction of sp³-hybridized carbons (Fsp3) is 0.581. The normalized spacial score (nSPS) is 27.1. The molecule has 3 heterocycles. The van der Waals surface area contributed by atoms with Gasteiger partial charge in [-0.15, -0.1) is 0 Å². The summed E-state index contributed by atoms with van der Waals surface area (Å²) >= 11 is 5.76. The van der Waals surface area contributed by atoms with E-state index in [2.05, 4.69) is 24.1 Å². The molecule has 1 aliphatic carbocycles. The van der Waals surface area contributed by atoms with Gasteiger partial charge in [0.05, 0.1) is 35.5 Å². The summed E-state index contributed by atoms with van der Waals surface area (Å²) in [5.41, 5.74) is -0.733. The Bertz CT molecular complexity index is 1910. The summed E-state index contributed by atoms with van der Waals surface area (Å²) in [6.45, 7) is 8.80. The Hall–Kier alpha value is -4.19. The van der Waals surface area contributed by atoms with Crippen LogP contribution in [0.1, 0.15) is 108 Å². The molecule has 14 heteroatoms. The lowest BCUT2D eigenvalue weighted by molar-refractivity contribution is -0.138. The van der Waals surface area contributed by atoms with Gasteiger partial charge in [0.15, 0.2) is 10.9 Å². The third-order valence-corrected chi connectivity index (χ3v) is 12.8. The number of imide groups is 1. The van der Waals surface area contributed by atoms with Crippen LogP contribution in [-0.4, -0.2) is 81.3 Å². The molecular formula is C43H52F3N5O5S. The molecule has 3 aliphatic heterocycles. The Morgan fingerprint density at radius 2 is 1.68 bits per heavy atom. The molecule has 10 nitrogen and oxygen atoms in total. The highest BCUT2D eigenvalue weighted by molar-refractivity contribution is 7.80. The maximum Gasteiger partial charge on any atom is 0.417 e. The summed E-state index contributed by atoms with van der Waals surface area (Å²) in [7, 11) is 0. The first-order valence-corrected chi connectivity index (χ1v) is 20.5. The first kappa shape index (κ1) is 42.4. The van der Waals surface area contributed by atoms with Crippen molar-refractivity contribution in [3.8, 4) is 6.07 Å². The average Bonchev–Trinajstić information content (AvgIpc) is 3.32. The van der Waals surface area contributed by atoms with Crippen LogP contribution in [0.25, 0.3) is 0 Å². The van der Waals surface area contributed by atoms with Gasteiger partial charge in [0.25, 0.3) is 5.91 Å². The van der Waals surface area contributed by atoms with Crippen LogP contribution in [0.4, 0.5) is 18.9 Å². The lowest BCUT2D eigenvalue weighted by atomic mass is 9.82. The Morgan fingerprint density at radius 1 is 1.00 bits per heavy atom. The largest absolute Gasteiger partial charge is 0.417 e. The van der Waals surface area contributed by atoms with Crippen molar-refractivity contribution in [3.63, 3.8) is 0 Å². The second kappa shape index (κ2) is 17.3. The number of hydrogen-bond acceptors (Lipinski definition) is 8.